The van der Waals surface area contributed by atoms with Crippen LogP contribution in [0.3, 0.4) is 0 Å². The maximum atomic E-state index is 11.4. The van der Waals surface area contributed by atoms with Crippen LogP contribution < -0.4 is 10.2 Å². The summed E-state index contributed by atoms with van der Waals surface area (Å²) in [5.41, 5.74) is 3.75. The first-order valence-corrected chi connectivity index (χ1v) is 8.55. The zero-order chi connectivity index (χ0) is 17.4. The second kappa shape index (κ2) is 9.02. The molecule has 1 aromatic heterocycles. The van der Waals surface area contributed by atoms with Gasteiger partial charge in [-0.1, -0.05) is 23.5 Å². The number of hydrogen-bond donors (Lipinski definition) is 1. The molecule has 24 heavy (non-hydrogen) atoms. The molecule has 0 amide bonds. The molecule has 0 spiro atoms. The standard InChI is InChI=1S/C17H21N3O3S/c1-4-22-16(21)9-14-11-18-17(24-14)20-19-10-13-7-5-6-8-15(13)23-12(2)3/h5-8,10-12H,4,9H2,1-3H3,(H,18,20)/b19-10+. The van der Waals surface area contributed by atoms with Crippen molar-refractivity contribution in [3.63, 3.8) is 0 Å². The fraction of sp³-hybridized carbons (Fsp3) is 0.353. The van der Waals surface area contributed by atoms with Crippen molar-refractivity contribution in [1.29, 1.82) is 0 Å². The number of aromatic nitrogens is 1. The summed E-state index contributed by atoms with van der Waals surface area (Å²) in [7, 11) is 0. The summed E-state index contributed by atoms with van der Waals surface area (Å²) in [4.78, 5) is 16.5. The minimum atomic E-state index is -0.254. The zero-order valence-corrected chi connectivity index (χ0v) is 14.8. The quantitative estimate of drug-likeness (QED) is 0.450. The second-order valence-corrected chi connectivity index (χ2v) is 6.30. The van der Waals surface area contributed by atoms with Gasteiger partial charge in [-0.3, -0.25) is 10.2 Å². The van der Waals surface area contributed by atoms with Gasteiger partial charge < -0.3 is 9.47 Å². The zero-order valence-electron chi connectivity index (χ0n) is 14.0. The monoisotopic (exact) mass is 347 g/mol. The highest BCUT2D eigenvalue weighted by atomic mass is 32.1. The van der Waals surface area contributed by atoms with E-state index in [-0.39, 0.29) is 18.5 Å². The molecule has 6 nitrogen and oxygen atoms in total. The molecule has 1 aromatic carbocycles. The van der Waals surface area contributed by atoms with E-state index in [4.69, 9.17) is 9.47 Å². The van der Waals surface area contributed by atoms with Crippen molar-refractivity contribution >= 4 is 28.7 Å². The lowest BCUT2D eigenvalue weighted by molar-refractivity contribution is -0.142. The van der Waals surface area contributed by atoms with Crippen LogP contribution in [0.1, 0.15) is 31.2 Å². The van der Waals surface area contributed by atoms with Crippen molar-refractivity contribution in [3.05, 3.63) is 40.9 Å². The van der Waals surface area contributed by atoms with Crippen molar-refractivity contribution in [2.75, 3.05) is 12.0 Å². The van der Waals surface area contributed by atoms with Crippen molar-refractivity contribution < 1.29 is 14.3 Å². The Morgan fingerprint density at radius 2 is 2.21 bits per heavy atom. The number of benzene rings is 1. The fourth-order valence-electron chi connectivity index (χ4n) is 1.90. The Bertz CT molecular complexity index is 698. The van der Waals surface area contributed by atoms with Gasteiger partial charge in [0.15, 0.2) is 0 Å². The van der Waals surface area contributed by atoms with Crippen LogP contribution in [0, 0.1) is 0 Å². The maximum Gasteiger partial charge on any atom is 0.311 e. The number of hydrogen-bond acceptors (Lipinski definition) is 7. The summed E-state index contributed by atoms with van der Waals surface area (Å²) >= 11 is 1.37. The lowest BCUT2D eigenvalue weighted by Gasteiger charge is -2.11. The molecule has 0 unspecified atom stereocenters. The first kappa shape index (κ1) is 17.9. The Morgan fingerprint density at radius 1 is 1.42 bits per heavy atom. The molecule has 0 atom stereocenters. The van der Waals surface area contributed by atoms with Crippen LogP contribution >= 0.6 is 11.3 Å². The Morgan fingerprint density at radius 3 is 2.96 bits per heavy atom. The third-order valence-electron chi connectivity index (χ3n) is 2.82. The number of anilines is 1. The average molecular weight is 347 g/mol. The Labute approximate surface area is 145 Å². The third-order valence-corrected chi connectivity index (χ3v) is 3.72. The van der Waals surface area contributed by atoms with Gasteiger partial charge >= 0.3 is 5.97 Å². The summed E-state index contributed by atoms with van der Waals surface area (Å²) in [6, 6.07) is 7.68. The molecule has 0 saturated carbocycles. The van der Waals surface area contributed by atoms with Crippen LogP contribution in [-0.2, 0) is 16.0 Å². The topological polar surface area (TPSA) is 72.8 Å². The number of rotatable bonds is 8. The van der Waals surface area contributed by atoms with Crippen LogP contribution in [0.25, 0.3) is 0 Å². The van der Waals surface area contributed by atoms with Gasteiger partial charge in [0.2, 0.25) is 5.13 Å². The Hall–Kier alpha value is -2.41. The van der Waals surface area contributed by atoms with E-state index >= 15 is 0 Å². The highest BCUT2D eigenvalue weighted by Crippen LogP contribution is 2.20. The molecule has 7 heteroatoms. The molecule has 1 heterocycles. The highest BCUT2D eigenvalue weighted by molar-refractivity contribution is 7.15. The fourth-order valence-corrected chi connectivity index (χ4v) is 2.65. The molecule has 0 saturated heterocycles. The van der Waals surface area contributed by atoms with E-state index in [9.17, 15) is 4.79 Å². The predicted octanol–water partition coefficient (Wildman–Crippen LogP) is 3.48. The third kappa shape index (κ3) is 5.66. The number of carbonyl (C=O) groups excluding carboxylic acids is 1. The Kier molecular flexibility index (Phi) is 6.74. The van der Waals surface area contributed by atoms with E-state index in [1.165, 1.54) is 11.3 Å². The molecule has 0 bridgehead atoms. The van der Waals surface area contributed by atoms with Crippen molar-refractivity contribution in [3.8, 4) is 5.75 Å². The number of para-hydroxylation sites is 1. The highest BCUT2D eigenvalue weighted by Gasteiger charge is 2.08. The van der Waals surface area contributed by atoms with Crippen LogP contribution in [-0.4, -0.2) is 29.9 Å². The summed E-state index contributed by atoms with van der Waals surface area (Å²) < 4.78 is 10.7. The normalized spacial score (nSPS) is 11.0. The number of esters is 1. The molecular formula is C17H21N3O3S. The van der Waals surface area contributed by atoms with Gasteiger partial charge in [0.05, 0.1) is 25.3 Å². The van der Waals surface area contributed by atoms with E-state index < -0.39 is 0 Å². The van der Waals surface area contributed by atoms with Crippen LogP contribution in [0.4, 0.5) is 5.13 Å². The molecule has 0 radical (unpaired) electrons. The van der Waals surface area contributed by atoms with E-state index in [1.54, 1.807) is 19.3 Å². The van der Waals surface area contributed by atoms with Crippen LogP contribution in [0.2, 0.25) is 0 Å². The summed E-state index contributed by atoms with van der Waals surface area (Å²) in [6.45, 7) is 6.12. The van der Waals surface area contributed by atoms with Gasteiger partial charge in [-0.25, -0.2) is 4.98 Å². The SMILES string of the molecule is CCOC(=O)Cc1cnc(N/N=C/c2ccccc2OC(C)C)s1. The molecule has 128 valence electrons. The molecule has 2 aromatic rings. The molecule has 0 fully saturated rings. The second-order valence-electron chi connectivity index (χ2n) is 5.19. The summed E-state index contributed by atoms with van der Waals surface area (Å²) in [5, 5.41) is 4.80. The molecular weight excluding hydrogens is 326 g/mol. The van der Waals surface area contributed by atoms with Gasteiger partial charge in [0.25, 0.3) is 0 Å². The number of ether oxygens (including phenoxy) is 2. The van der Waals surface area contributed by atoms with Gasteiger partial charge in [-0.15, -0.1) is 0 Å². The van der Waals surface area contributed by atoms with Gasteiger partial charge in [-0.2, -0.15) is 5.10 Å². The van der Waals surface area contributed by atoms with E-state index in [2.05, 4.69) is 15.5 Å². The largest absolute Gasteiger partial charge is 0.490 e. The minimum absolute atomic E-state index is 0.0944. The number of nitrogens with zero attached hydrogens (tertiary/aromatic N) is 2. The van der Waals surface area contributed by atoms with Gasteiger partial charge in [0, 0.05) is 16.6 Å². The van der Waals surface area contributed by atoms with Crippen molar-refractivity contribution in [2.24, 2.45) is 5.10 Å². The first-order chi connectivity index (χ1) is 11.6. The molecule has 2 rings (SSSR count). The molecule has 0 aliphatic rings. The number of hydrazone groups is 1. The first-order valence-electron chi connectivity index (χ1n) is 7.73. The van der Waals surface area contributed by atoms with E-state index in [0.29, 0.717) is 11.7 Å². The van der Waals surface area contributed by atoms with E-state index in [0.717, 1.165) is 16.2 Å². The van der Waals surface area contributed by atoms with Crippen molar-refractivity contribution in [1.82, 2.24) is 4.98 Å². The number of nitrogens with one attached hydrogen (secondary N) is 1. The van der Waals surface area contributed by atoms with Gasteiger partial charge in [-0.05, 0) is 32.9 Å². The molecule has 0 aliphatic carbocycles. The number of carbonyl (C=O) groups is 1. The average Bonchev–Trinajstić information content (AvgIpc) is 2.96. The lowest BCUT2D eigenvalue weighted by atomic mass is 10.2. The predicted molar refractivity (Wildman–Crippen MR) is 95.9 cm³/mol. The lowest BCUT2D eigenvalue weighted by Crippen LogP contribution is -2.07. The van der Waals surface area contributed by atoms with Crippen LogP contribution in [0.15, 0.2) is 35.6 Å². The maximum absolute atomic E-state index is 11.4. The van der Waals surface area contributed by atoms with E-state index in [1.807, 2.05) is 38.1 Å². The summed E-state index contributed by atoms with van der Waals surface area (Å²) in [6.07, 6.45) is 3.65. The minimum Gasteiger partial charge on any atom is -0.490 e. The number of thiazole rings is 1. The summed E-state index contributed by atoms with van der Waals surface area (Å²) in [5.74, 6) is 0.524. The van der Waals surface area contributed by atoms with Crippen LogP contribution in [0.5, 0.6) is 5.75 Å². The molecule has 0 aliphatic heterocycles. The smallest absolute Gasteiger partial charge is 0.311 e. The van der Waals surface area contributed by atoms with Gasteiger partial charge in [0.1, 0.15) is 5.75 Å². The Balaban J connectivity index is 1.95. The van der Waals surface area contributed by atoms with Crippen molar-refractivity contribution in [2.45, 2.75) is 33.3 Å². The molecule has 1 N–H and O–H groups in total.